The van der Waals surface area contributed by atoms with Crippen molar-refractivity contribution >= 4 is 29.2 Å². The van der Waals surface area contributed by atoms with Crippen molar-refractivity contribution in [1.29, 1.82) is 0 Å². The standard InChI is InChI=1S/C11H11ClN2O6/c1-11(18,10(16)17)5-13-9(15)7-4-6(12)2-3-8(7)14(19)20/h2-4,18H,5H2,1H3,(H,13,15)(H,16,17). The van der Waals surface area contributed by atoms with Crippen LogP contribution in [0.15, 0.2) is 18.2 Å². The molecule has 1 amide bonds. The number of halogens is 1. The summed E-state index contributed by atoms with van der Waals surface area (Å²) in [6, 6.07) is 3.40. The molecule has 0 saturated carbocycles. The van der Waals surface area contributed by atoms with E-state index in [2.05, 4.69) is 5.32 Å². The summed E-state index contributed by atoms with van der Waals surface area (Å²) >= 11 is 5.66. The lowest BCUT2D eigenvalue weighted by Crippen LogP contribution is -2.46. The smallest absolute Gasteiger partial charge is 0.337 e. The van der Waals surface area contributed by atoms with Crippen molar-refractivity contribution in [2.75, 3.05) is 6.54 Å². The maximum Gasteiger partial charge on any atom is 0.337 e. The van der Waals surface area contributed by atoms with Crippen LogP contribution in [0.2, 0.25) is 5.02 Å². The average Bonchev–Trinajstić information content (AvgIpc) is 2.35. The second-order valence-electron chi connectivity index (χ2n) is 4.18. The zero-order chi connectivity index (χ0) is 15.5. The first-order chi connectivity index (χ1) is 9.15. The van der Waals surface area contributed by atoms with Crippen molar-refractivity contribution in [3.05, 3.63) is 38.9 Å². The van der Waals surface area contributed by atoms with E-state index in [1.54, 1.807) is 0 Å². The fourth-order valence-corrected chi connectivity index (χ4v) is 1.44. The lowest BCUT2D eigenvalue weighted by Gasteiger charge is -2.18. The highest BCUT2D eigenvalue weighted by Crippen LogP contribution is 2.22. The Hall–Kier alpha value is -2.19. The average molecular weight is 303 g/mol. The molecule has 0 bridgehead atoms. The van der Waals surface area contributed by atoms with Gasteiger partial charge in [0.15, 0.2) is 5.60 Å². The highest BCUT2D eigenvalue weighted by Gasteiger charge is 2.31. The van der Waals surface area contributed by atoms with Gasteiger partial charge >= 0.3 is 5.97 Å². The third-order valence-electron chi connectivity index (χ3n) is 2.45. The number of aliphatic carboxylic acids is 1. The fraction of sp³-hybridized carbons (Fsp3) is 0.273. The summed E-state index contributed by atoms with van der Waals surface area (Å²) in [7, 11) is 0. The van der Waals surface area contributed by atoms with Gasteiger partial charge in [-0.05, 0) is 19.1 Å². The van der Waals surface area contributed by atoms with Crippen LogP contribution in [0, 0.1) is 10.1 Å². The Morgan fingerprint density at radius 2 is 2.10 bits per heavy atom. The second-order valence-corrected chi connectivity index (χ2v) is 4.62. The van der Waals surface area contributed by atoms with E-state index in [0.717, 1.165) is 19.1 Å². The number of rotatable bonds is 5. The van der Waals surface area contributed by atoms with Crippen LogP contribution < -0.4 is 5.32 Å². The number of carbonyl (C=O) groups is 2. The molecule has 0 radical (unpaired) electrons. The first-order valence-electron chi connectivity index (χ1n) is 5.33. The van der Waals surface area contributed by atoms with Gasteiger partial charge in [-0.2, -0.15) is 0 Å². The zero-order valence-electron chi connectivity index (χ0n) is 10.3. The Bertz CT molecular complexity index is 572. The molecule has 1 rings (SSSR count). The Kier molecular flexibility index (Phi) is 4.64. The molecule has 1 aromatic carbocycles. The number of hydrogen-bond acceptors (Lipinski definition) is 5. The van der Waals surface area contributed by atoms with Gasteiger partial charge in [-0.3, -0.25) is 14.9 Å². The summed E-state index contributed by atoms with van der Waals surface area (Å²) in [4.78, 5) is 32.5. The number of nitro benzene ring substituents is 1. The van der Waals surface area contributed by atoms with Gasteiger partial charge in [-0.1, -0.05) is 11.6 Å². The zero-order valence-corrected chi connectivity index (χ0v) is 11.0. The van der Waals surface area contributed by atoms with E-state index in [9.17, 15) is 24.8 Å². The topological polar surface area (TPSA) is 130 Å². The largest absolute Gasteiger partial charge is 0.479 e. The molecule has 0 fully saturated rings. The van der Waals surface area contributed by atoms with Crippen LogP contribution in [0.1, 0.15) is 17.3 Å². The van der Waals surface area contributed by atoms with Crippen LogP contribution in [0.3, 0.4) is 0 Å². The first-order valence-corrected chi connectivity index (χ1v) is 5.71. The number of benzene rings is 1. The monoisotopic (exact) mass is 302 g/mol. The van der Waals surface area contributed by atoms with E-state index in [4.69, 9.17) is 16.7 Å². The number of nitrogens with one attached hydrogen (secondary N) is 1. The molecule has 0 spiro atoms. The van der Waals surface area contributed by atoms with Crippen molar-refractivity contribution in [2.45, 2.75) is 12.5 Å². The molecule has 0 aliphatic carbocycles. The molecule has 0 aliphatic rings. The molecule has 0 aliphatic heterocycles. The molecule has 1 unspecified atom stereocenters. The van der Waals surface area contributed by atoms with Crippen LogP contribution in [-0.4, -0.2) is 39.2 Å². The summed E-state index contributed by atoms with van der Waals surface area (Å²) in [5.41, 5.74) is -2.96. The van der Waals surface area contributed by atoms with Gasteiger partial charge in [0, 0.05) is 11.1 Å². The Morgan fingerprint density at radius 3 is 2.60 bits per heavy atom. The van der Waals surface area contributed by atoms with E-state index in [-0.39, 0.29) is 10.6 Å². The molecule has 1 aromatic rings. The van der Waals surface area contributed by atoms with E-state index >= 15 is 0 Å². The Balaban J connectivity index is 2.96. The fourth-order valence-electron chi connectivity index (χ4n) is 1.27. The minimum absolute atomic E-state index is 0.116. The molecule has 8 nitrogen and oxygen atoms in total. The van der Waals surface area contributed by atoms with E-state index in [0.29, 0.717) is 0 Å². The SMILES string of the molecule is CC(O)(CNC(=O)c1cc(Cl)ccc1[N+](=O)[O-])C(=O)O. The minimum atomic E-state index is -2.18. The molecule has 0 aromatic heterocycles. The lowest BCUT2D eigenvalue weighted by molar-refractivity contribution is -0.385. The summed E-state index contributed by atoms with van der Waals surface area (Å²) < 4.78 is 0. The molecule has 0 saturated heterocycles. The van der Waals surface area contributed by atoms with Crippen molar-refractivity contribution < 1.29 is 24.7 Å². The number of carboxylic acid groups (broad SMARTS) is 1. The third-order valence-corrected chi connectivity index (χ3v) is 2.69. The normalized spacial score (nSPS) is 13.3. The third kappa shape index (κ3) is 3.65. The number of amides is 1. The van der Waals surface area contributed by atoms with Crippen molar-refractivity contribution in [2.24, 2.45) is 0 Å². The second kappa shape index (κ2) is 5.85. The van der Waals surface area contributed by atoms with Gasteiger partial charge < -0.3 is 15.5 Å². The maximum atomic E-state index is 11.8. The molecular weight excluding hydrogens is 292 g/mol. The molecule has 0 heterocycles. The summed E-state index contributed by atoms with van der Waals surface area (Å²) in [6.07, 6.45) is 0. The van der Waals surface area contributed by atoms with Crippen LogP contribution in [0.5, 0.6) is 0 Å². The first kappa shape index (κ1) is 15.9. The van der Waals surface area contributed by atoms with E-state index in [1.807, 2.05) is 0 Å². The van der Waals surface area contributed by atoms with Crippen molar-refractivity contribution in [1.82, 2.24) is 5.32 Å². The summed E-state index contributed by atoms with van der Waals surface area (Å²) in [6.45, 7) is 0.382. The number of carboxylic acids is 1. The van der Waals surface area contributed by atoms with Gasteiger partial charge in [0.25, 0.3) is 11.6 Å². The van der Waals surface area contributed by atoms with Crippen molar-refractivity contribution in [3.8, 4) is 0 Å². The lowest BCUT2D eigenvalue weighted by atomic mass is 10.1. The van der Waals surface area contributed by atoms with Gasteiger partial charge in [-0.15, -0.1) is 0 Å². The number of carbonyl (C=O) groups excluding carboxylic acids is 1. The maximum absolute atomic E-state index is 11.8. The summed E-state index contributed by atoms with van der Waals surface area (Å²) in [5, 5.41) is 31.1. The van der Waals surface area contributed by atoms with Gasteiger partial charge in [0.2, 0.25) is 0 Å². The quantitative estimate of drug-likeness (QED) is 0.545. The van der Waals surface area contributed by atoms with E-state index < -0.39 is 34.6 Å². The number of aliphatic hydroxyl groups is 1. The molecule has 9 heteroatoms. The van der Waals surface area contributed by atoms with E-state index in [1.165, 1.54) is 6.07 Å². The molecular formula is C11H11ClN2O6. The minimum Gasteiger partial charge on any atom is -0.479 e. The van der Waals surface area contributed by atoms with Crippen LogP contribution in [0.4, 0.5) is 5.69 Å². The Morgan fingerprint density at radius 1 is 1.50 bits per heavy atom. The number of nitrogens with zero attached hydrogens (tertiary/aromatic N) is 1. The molecule has 108 valence electrons. The van der Waals surface area contributed by atoms with Crippen LogP contribution in [0.25, 0.3) is 0 Å². The summed E-state index contributed by atoms with van der Waals surface area (Å²) in [5.74, 6) is -2.43. The molecule has 3 N–H and O–H groups in total. The molecule has 1 atom stereocenters. The predicted octanol–water partition coefficient (Wildman–Crippen LogP) is 0.814. The highest BCUT2D eigenvalue weighted by atomic mass is 35.5. The predicted molar refractivity (Wildman–Crippen MR) is 68.7 cm³/mol. The van der Waals surface area contributed by atoms with Gasteiger partial charge in [-0.25, -0.2) is 4.79 Å². The highest BCUT2D eigenvalue weighted by molar-refractivity contribution is 6.31. The van der Waals surface area contributed by atoms with Crippen LogP contribution >= 0.6 is 11.6 Å². The van der Waals surface area contributed by atoms with Gasteiger partial charge in [0.05, 0.1) is 11.5 Å². The van der Waals surface area contributed by atoms with Crippen molar-refractivity contribution in [3.63, 3.8) is 0 Å². The molecule has 20 heavy (non-hydrogen) atoms. The van der Waals surface area contributed by atoms with Gasteiger partial charge in [0.1, 0.15) is 5.56 Å². The number of nitro groups is 1. The Labute approximate surface area is 118 Å². The number of hydrogen-bond donors (Lipinski definition) is 3. The van der Waals surface area contributed by atoms with Crippen LogP contribution in [-0.2, 0) is 4.79 Å².